The zero-order valence-corrected chi connectivity index (χ0v) is 12.7. The lowest BCUT2D eigenvalue weighted by Crippen LogP contribution is -2.40. The van der Waals surface area contributed by atoms with E-state index in [2.05, 4.69) is 10.3 Å². The van der Waals surface area contributed by atoms with Gasteiger partial charge in [0.25, 0.3) is 5.91 Å². The van der Waals surface area contributed by atoms with Crippen molar-refractivity contribution in [3.63, 3.8) is 0 Å². The van der Waals surface area contributed by atoms with Crippen LogP contribution in [0.25, 0.3) is 0 Å². The molecule has 1 aromatic rings. The number of aromatic nitrogens is 1. The second-order valence-corrected chi connectivity index (χ2v) is 5.94. The number of hydrogen-bond acceptors (Lipinski definition) is 5. The summed E-state index contributed by atoms with van der Waals surface area (Å²) < 4.78 is 10.9. The zero-order valence-electron chi connectivity index (χ0n) is 12.7. The van der Waals surface area contributed by atoms with Crippen LogP contribution in [0.1, 0.15) is 36.0 Å². The van der Waals surface area contributed by atoms with Crippen LogP contribution in [0.15, 0.2) is 18.3 Å². The van der Waals surface area contributed by atoms with Gasteiger partial charge < -0.3 is 19.9 Å². The fourth-order valence-electron chi connectivity index (χ4n) is 3.07. The summed E-state index contributed by atoms with van der Waals surface area (Å²) in [7, 11) is 0. The van der Waals surface area contributed by atoms with Gasteiger partial charge in [-0.05, 0) is 18.9 Å². The summed E-state index contributed by atoms with van der Waals surface area (Å²) in [6, 6.07) is 2.86. The maximum absolute atomic E-state index is 12.3. The smallest absolute Gasteiger partial charge is 0.308 e. The molecule has 124 valence electrons. The third-order valence-electron chi connectivity index (χ3n) is 4.32. The molecule has 1 amide bonds. The normalized spacial score (nSPS) is 26.9. The Bertz CT molecular complexity index is 586. The van der Waals surface area contributed by atoms with E-state index in [-0.39, 0.29) is 18.1 Å². The van der Waals surface area contributed by atoms with E-state index in [1.54, 1.807) is 12.1 Å². The molecule has 0 radical (unpaired) electrons. The van der Waals surface area contributed by atoms with Gasteiger partial charge in [0.05, 0.1) is 19.1 Å². The van der Waals surface area contributed by atoms with E-state index in [9.17, 15) is 14.7 Å². The van der Waals surface area contributed by atoms with E-state index >= 15 is 0 Å². The highest BCUT2D eigenvalue weighted by atomic mass is 16.5. The van der Waals surface area contributed by atoms with Crippen molar-refractivity contribution in [3.05, 3.63) is 23.9 Å². The zero-order chi connectivity index (χ0) is 16.2. The molecule has 2 heterocycles. The fraction of sp³-hybridized carbons (Fsp3) is 0.562. The molecular weight excluding hydrogens is 300 g/mol. The summed E-state index contributed by atoms with van der Waals surface area (Å²) in [5.74, 6) is -1.27. The predicted octanol–water partition coefficient (Wildman–Crippen LogP) is 1.23. The van der Waals surface area contributed by atoms with Gasteiger partial charge in [-0.1, -0.05) is 6.42 Å². The van der Waals surface area contributed by atoms with Gasteiger partial charge in [-0.2, -0.15) is 0 Å². The van der Waals surface area contributed by atoms with Gasteiger partial charge in [-0.25, -0.2) is 4.98 Å². The van der Waals surface area contributed by atoms with Crippen LogP contribution in [0, 0.1) is 5.92 Å². The molecule has 2 fully saturated rings. The van der Waals surface area contributed by atoms with E-state index in [0.29, 0.717) is 37.5 Å². The first-order valence-corrected chi connectivity index (χ1v) is 7.87. The Morgan fingerprint density at radius 3 is 2.96 bits per heavy atom. The summed E-state index contributed by atoms with van der Waals surface area (Å²) in [5.41, 5.74) is 0.421. The van der Waals surface area contributed by atoms with Crippen molar-refractivity contribution in [1.29, 1.82) is 0 Å². The topological polar surface area (TPSA) is 97.8 Å². The van der Waals surface area contributed by atoms with Gasteiger partial charge in [0.15, 0.2) is 0 Å². The second kappa shape index (κ2) is 6.95. The first-order valence-electron chi connectivity index (χ1n) is 7.87. The molecule has 1 aromatic heterocycles. The summed E-state index contributed by atoms with van der Waals surface area (Å²) in [6.45, 7) is 1.20. The molecule has 1 unspecified atom stereocenters. The van der Waals surface area contributed by atoms with Crippen LogP contribution in [0.5, 0.6) is 5.88 Å². The molecular formula is C16H20N2O5. The molecule has 2 aliphatic rings. The molecule has 1 saturated heterocycles. The third kappa shape index (κ3) is 3.79. The van der Waals surface area contributed by atoms with E-state index in [1.165, 1.54) is 6.20 Å². The van der Waals surface area contributed by atoms with Crippen molar-refractivity contribution in [2.75, 3.05) is 13.2 Å². The minimum absolute atomic E-state index is 0.0352. The van der Waals surface area contributed by atoms with Crippen LogP contribution >= 0.6 is 0 Å². The van der Waals surface area contributed by atoms with Gasteiger partial charge in [0, 0.05) is 30.3 Å². The van der Waals surface area contributed by atoms with Gasteiger partial charge in [-0.3, -0.25) is 9.59 Å². The number of amides is 1. The number of carboxylic acids is 1. The highest BCUT2D eigenvalue weighted by Crippen LogP contribution is 2.26. The number of ether oxygens (including phenoxy) is 2. The fourth-order valence-corrected chi connectivity index (χ4v) is 3.07. The van der Waals surface area contributed by atoms with Crippen molar-refractivity contribution in [2.45, 2.75) is 37.8 Å². The van der Waals surface area contributed by atoms with E-state index in [0.717, 1.165) is 12.8 Å². The highest BCUT2D eigenvalue weighted by Gasteiger charge is 2.34. The Balaban J connectivity index is 1.63. The van der Waals surface area contributed by atoms with E-state index in [4.69, 9.17) is 9.47 Å². The minimum atomic E-state index is -0.854. The molecule has 0 bridgehead atoms. The largest absolute Gasteiger partial charge is 0.481 e. The number of pyridine rings is 1. The maximum Gasteiger partial charge on any atom is 0.308 e. The number of hydrogen-bond donors (Lipinski definition) is 2. The van der Waals surface area contributed by atoms with Crippen molar-refractivity contribution in [2.24, 2.45) is 5.92 Å². The van der Waals surface area contributed by atoms with E-state index < -0.39 is 11.9 Å². The molecule has 0 aromatic carbocycles. The second-order valence-electron chi connectivity index (χ2n) is 5.94. The van der Waals surface area contributed by atoms with Crippen LogP contribution in [-0.2, 0) is 9.53 Å². The number of rotatable bonds is 5. The van der Waals surface area contributed by atoms with Gasteiger partial charge in [0.1, 0.15) is 6.10 Å². The minimum Gasteiger partial charge on any atom is -0.481 e. The monoisotopic (exact) mass is 320 g/mol. The number of nitrogens with zero attached hydrogens (tertiary/aromatic N) is 1. The Kier molecular flexibility index (Phi) is 4.76. The lowest BCUT2D eigenvalue weighted by molar-refractivity contribution is -0.142. The van der Waals surface area contributed by atoms with Crippen molar-refractivity contribution < 1.29 is 24.2 Å². The molecule has 1 saturated carbocycles. The Hall–Kier alpha value is -2.15. The first-order chi connectivity index (χ1) is 11.1. The summed E-state index contributed by atoms with van der Waals surface area (Å²) in [5, 5.41) is 12.0. The van der Waals surface area contributed by atoms with Crippen molar-refractivity contribution in [3.8, 4) is 5.88 Å². The lowest BCUT2D eigenvalue weighted by atomic mass is 10.0. The Morgan fingerprint density at radius 2 is 2.22 bits per heavy atom. The molecule has 2 N–H and O–H groups in total. The van der Waals surface area contributed by atoms with Crippen molar-refractivity contribution in [1.82, 2.24) is 10.3 Å². The third-order valence-corrected chi connectivity index (χ3v) is 4.32. The SMILES string of the molecule is O=C(N[C@H]1CCC[C@H]1C(=O)O)c1ccnc(OC2CCOC2)c1. The summed E-state index contributed by atoms with van der Waals surface area (Å²) in [4.78, 5) is 27.6. The molecule has 7 nitrogen and oxygen atoms in total. The van der Waals surface area contributed by atoms with Crippen LogP contribution < -0.4 is 10.1 Å². The van der Waals surface area contributed by atoms with Gasteiger partial charge in [-0.15, -0.1) is 0 Å². The molecule has 3 rings (SSSR count). The van der Waals surface area contributed by atoms with Gasteiger partial charge in [0.2, 0.25) is 5.88 Å². The maximum atomic E-state index is 12.3. The van der Waals surface area contributed by atoms with Crippen LogP contribution in [0.4, 0.5) is 0 Å². The van der Waals surface area contributed by atoms with Crippen LogP contribution in [-0.4, -0.2) is 47.3 Å². The van der Waals surface area contributed by atoms with Crippen LogP contribution in [0.2, 0.25) is 0 Å². The van der Waals surface area contributed by atoms with Crippen LogP contribution in [0.3, 0.4) is 0 Å². The van der Waals surface area contributed by atoms with Crippen molar-refractivity contribution >= 4 is 11.9 Å². The average Bonchev–Trinajstić information content (AvgIpc) is 3.19. The molecule has 23 heavy (non-hydrogen) atoms. The highest BCUT2D eigenvalue weighted by molar-refractivity contribution is 5.94. The summed E-state index contributed by atoms with van der Waals surface area (Å²) >= 11 is 0. The quantitative estimate of drug-likeness (QED) is 0.847. The molecule has 1 aliphatic heterocycles. The predicted molar refractivity (Wildman–Crippen MR) is 80.3 cm³/mol. The number of carboxylic acid groups (broad SMARTS) is 1. The first kappa shape index (κ1) is 15.7. The average molecular weight is 320 g/mol. The number of carbonyl (C=O) groups is 2. The molecule has 3 atom stereocenters. The molecule has 0 spiro atoms. The summed E-state index contributed by atoms with van der Waals surface area (Å²) in [6.07, 6.45) is 4.40. The number of carbonyl (C=O) groups excluding carboxylic acids is 1. The standard InChI is InChI=1S/C16H20N2O5/c19-15(18-13-3-1-2-12(13)16(20)21)10-4-6-17-14(8-10)23-11-5-7-22-9-11/h4,6,8,11-13H,1-3,5,7,9H2,(H,18,19)(H,20,21)/t11?,12-,13+/m1/s1. The van der Waals surface area contributed by atoms with E-state index in [1.807, 2.05) is 0 Å². The molecule has 1 aliphatic carbocycles. The lowest BCUT2D eigenvalue weighted by Gasteiger charge is -2.18. The Labute approximate surface area is 134 Å². The Morgan fingerprint density at radius 1 is 1.35 bits per heavy atom. The number of aliphatic carboxylic acids is 1. The molecule has 7 heteroatoms. The number of nitrogens with one attached hydrogen (secondary N) is 1. The van der Waals surface area contributed by atoms with Gasteiger partial charge >= 0.3 is 5.97 Å².